The van der Waals surface area contributed by atoms with Crippen LogP contribution in [0.3, 0.4) is 0 Å². The van der Waals surface area contributed by atoms with E-state index in [2.05, 4.69) is 20.2 Å². The molecule has 1 amide bonds. The van der Waals surface area contributed by atoms with Gasteiger partial charge < -0.3 is 15.5 Å². The van der Waals surface area contributed by atoms with E-state index in [1.807, 2.05) is 25.8 Å². The Hall–Kier alpha value is -2.38. The van der Waals surface area contributed by atoms with Crippen molar-refractivity contribution in [1.29, 1.82) is 0 Å². The number of rotatable bonds is 1. The standard InChI is InChI=1S/C12H17N7O/c1-12(2)10(20)18(3)4-5-19(12)9-7-6-14-17-8(7)15-11(13)16-9/h6H,4-5H2,1-3H3,(H3,13,14,15,16,17). The molecule has 0 radical (unpaired) electrons. The molecule has 1 aliphatic heterocycles. The van der Waals surface area contributed by atoms with Crippen molar-refractivity contribution in [2.45, 2.75) is 19.4 Å². The predicted octanol–water partition coefficient (Wildman–Crippen LogP) is -0.00790. The molecule has 0 bridgehead atoms. The molecule has 3 rings (SSSR count). The third kappa shape index (κ3) is 1.68. The summed E-state index contributed by atoms with van der Waals surface area (Å²) in [5.74, 6) is 0.865. The molecule has 3 heterocycles. The smallest absolute Gasteiger partial charge is 0.247 e. The van der Waals surface area contributed by atoms with Crippen molar-refractivity contribution in [3.05, 3.63) is 6.20 Å². The van der Waals surface area contributed by atoms with Gasteiger partial charge in [0.25, 0.3) is 0 Å². The van der Waals surface area contributed by atoms with Gasteiger partial charge in [0.05, 0.1) is 11.6 Å². The number of nitrogens with one attached hydrogen (secondary N) is 1. The van der Waals surface area contributed by atoms with Crippen molar-refractivity contribution in [1.82, 2.24) is 25.1 Å². The van der Waals surface area contributed by atoms with Crippen LogP contribution in [-0.2, 0) is 4.79 Å². The van der Waals surface area contributed by atoms with E-state index in [-0.39, 0.29) is 11.9 Å². The number of carbonyl (C=O) groups is 1. The number of H-pyrrole nitrogens is 1. The largest absolute Gasteiger partial charge is 0.368 e. The van der Waals surface area contributed by atoms with Crippen LogP contribution in [0.15, 0.2) is 6.20 Å². The van der Waals surface area contributed by atoms with Crippen molar-refractivity contribution < 1.29 is 4.79 Å². The Morgan fingerprint density at radius 3 is 2.85 bits per heavy atom. The van der Waals surface area contributed by atoms with Gasteiger partial charge in [0, 0.05) is 20.1 Å². The number of nitrogen functional groups attached to an aromatic ring is 1. The van der Waals surface area contributed by atoms with Gasteiger partial charge in [0.1, 0.15) is 11.4 Å². The fourth-order valence-electron chi connectivity index (χ4n) is 2.63. The molecule has 3 N–H and O–H groups in total. The van der Waals surface area contributed by atoms with E-state index in [9.17, 15) is 4.79 Å². The van der Waals surface area contributed by atoms with Gasteiger partial charge in [0.15, 0.2) is 5.65 Å². The third-order valence-corrected chi connectivity index (χ3v) is 3.77. The first-order valence-corrected chi connectivity index (χ1v) is 6.41. The molecule has 0 aliphatic carbocycles. The van der Waals surface area contributed by atoms with Gasteiger partial charge >= 0.3 is 0 Å². The number of aromatic nitrogens is 4. The maximum atomic E-state index is 12.4. The summed E-state index contributed by atoms with van der Waals surface area (Å²) in [5, 5.41) is 7.53. The molecule has 8 nitrogen and oxygen atoms in total. The van der Waals surface area contributed by atoms with Crippen LogP contribution in [-0.4, -0.2) is 56.6 Å². The highest BCUT2D eigenvalue weighted by Crippen LogP contribution is 2.31. The highest BCUT2D eigenvalue weighted by molar-refractivity contribution is 5.95. The molecule has 1 aliphatic rings. The van der Waals surface area contributed by atoms with Crippen LogP contribution in [0.4, 0.5) is 11.8 Å². The van der Waals surface area contributed by atoms with E-state index < -0.39 is 5.54 Å². The second kappa shape index (κ2) is 4.06. The van der Waals surface area contributed by atoms with Crippen LogP contribution in [0.1, 0.15) is 13.8 Å². The molecule has 0 spiro atoms. The molecule has 2 aromatic heterocycles. The zero-order valence-electron chi connectivity index (χ0n) is 11.7. The normalized spacial score (nSPS) is 18.9. The second-order valence-corrected chi connectivity index (χ2v) is 5.48. The second-order valence-electron chi connectivity index (χ2n) is 5.48. The topological polar surface area (TPSA) is 104 Å². The van der Waals surface area contributed by atoms with Crippen LogP contribution in [0, 0.1) is 0 Å². The minimum atomic E-state index is -0.683. The Morgan fingerprint density at radius 2 is 2.10 bits per heavy atom. The molecule has 1 fully saturated rings. The minimum Gasteiger partial charge on any atom is -0.368 e. The van der Waals surface area contributed by atoms with Crippen LogP contribution in [0.2, 0.25) is 0 Å². The van der Waals surface area contributed by atoms with Gasteiger partial charge in [-0.25, -0.2) is 0 Å². The van der Waals surface area contributed by atoms with Crippen molar-refractivity contribution in [3.63, 3.8) is 0 Å². The zero-order valence-corrected chi connectivity index (χ0v) is 11.7. The summed E-state index contributed by atoms with van der Waals surface area (Å²) >= 11 is 0. The molecular formula is C12H17N7O. The number of hydrogen-bond acceptors (Lipinski definition) is 6. The fraction of sp³-hybridized carbons (Fsp3) is 0.500. The summed E-state index contributed by atoms with van der Waals surface area (Å²) in [4.78, 5) is 24.5. The average molecular weight is 275 g/mol. The number of piperazine rings is 1. The molecule has 0 aromatic carbocycles. The molecule has 0 saturated carbocycles. The quantitative estimate of drug-likeness (QED) is 0.758. The first-order chi connectivity index (χ1) is 9.41. The molecule has 0 unspecified atom stereocenters. The first kappa shape index (κ1) is 12.6. The Balaban J connectivity index is 2.15. The predicted molar refractivity (Wildman–Crippen MR) is 75.2 cm³/mol. The summed E-state index contributed by atoms with van der Waals surface area (Å²) in [5.41, 5.74) is 5.64. The van der Waals surface area contributed by atoms with Crippen LogP contribution in [0.25, 0.3) is 11.0 Å². The number of amides is 1. The summed E-state index contributed by atoms with van der Waals surface area (Å²) < 4.78 is 0. The SMILES string of the molecule is CN1CCN(c2nc(N)nc3[nH]ncc23)C(C)(C)C1=O. The van der Waals surface area contributed by atoms with E-state index in [0.29, 0.717) is 24.6 Å². The van der Waals surface area contributed by atoms with Gasteiger partial charge in [-0.1, -0.05) is 0 Å². The molecule has 20 heavy (non-hydrogen) atoms. The van der Waals surface area contributed by atoms with Gasteiger partial charge in [-0.05, 0) is 13.8 Å². The Kier molecular flexibility index (Phi) is 2.56. The molecular weight excluding hydrogens is 258 g/mol. The van der Waals surface area contributed by atoms with Gasteiger partial charge in [0.2, 0.25) is 11.9 Å². The van der Waals surface area contributed by atoms with Crippen molar-refractivity contribution >= 4 is 28.7 Å². The molecule has 106 valence electrons. The summed E-state index contributed by atoms with van der Waals surface area (Å²) in [6, 6.07) is 0. The van der Waals surface area contributed by atoms with Crippen LogP contribution < -0.4 is 10.6 Å². The molecule has 0 atom stereocenters. The van der Waals surface area contributed by atoms with Crippen molar-refractivity contribution in [3.8, 4) is 0 Å². The maximum absolute atomic E-state index is 12.4. The monoisotopic (exact) mass is 275 g/mol. The van der Waals surface area contributed by atoms with Crippen molar-refractivity contribution in [2.75, 3.05) is 30.8 Å². The van der Waals surface area contributed by atoms with E-state index in [1.54, 1.807) is 11.1 Å². The number of hydrogen-bond donors (Lipinski definition) is 2. The zero-order chi connectivity index (χ0) is 14.5. The number of carbonyl (C=O) groups excluding carboxylic acids is 1. The summed E-state index contributed by atoms with van der Waals surface area (Å²) in [6.07, 6.45) is 1.66. The minimum absolute atomic E-state index is 0.0533. The number of likely N-dealkylation sites (N-methyl/N-ethyl adjacent to an activating group) is 1. The molecule has 8 heteroatoms. The number of nitrogens with two attached hydrogens (primary N) is 1. The van der Waals surface area contributed by atoms with E-state index in [4.69, 9.17) is 5.73 Å². The number of nitrogens with zero attached hydrogens (tertiary/aromatic N) is 5. The van der Waals surface area contributed by atoms with E-state index >= 15 is 0 Å². The molecule has 1 saturated heterocycles. The number of fused-ring (bicyclic) bond motifs is 1. The van der Waals surface area contributed by atoms with Gasteiger partial charge in [-0.2, -0.15) is 15.1 Å². The lowest BCUT2D eigenvalue weighted by Gasteiger charge is -2.45. The average Bonchev–Trinajstić information content (AvgIpc) is 2.83. The van der Waals surface area contributed by atoms with Gasteiger partial charge in [-0.15, -0.1) is 0 Å². The highest BCUT2D eigenvalue weighted by Gasteiger charge is 2.42. The Labute approximate surface area is 116 Å². The Bertz CT molecular complexity index is 677. The van der Waals surface area contributed by atoms with E-state index in [0.717, 1.165) is 5.39 Å². The Morgan fingerprint density at radius 1 is 1.35 bits per heavy atom. The lowest BCUT2D eigenvalue weighted by Crippen LogP contribution is -2.62. The number of aromatic amines is 1. The van der Waals surface area contributed by atoms with E-state index in [1.165, 1.54) is 0 Å². The maximum Gasteiger partial charge on any atom is 0.247 e. The lowest BCUT2D eigenvalue weighted by molar-refractivity contribution is -0.136. The summed E-state index contributed by atoms with van der Waals surface area (Å²) in [6.45, 7) is 5.10. The lowest BCUT2D eigenvalue weighted by atomic mass is 9.97. The number of anilines is 2. The van der Waals surface area contributed by atoms with Crippen molar-refractivity contribution in [2.24, 2.45) is 0 Å². The first-order valence-electron chi connectivity index (χ1n) is 6.41. The van der Waals surface area contributed by atoms with Crippen LogP contribution in [0.5, 0.6) is 0 Å². The highest BCUT2D eigenvalue weighted by atomic mass is 16.2. The van der Waals surface area contributed by atoms with Crippen LogP contribution >= 0.6 is 0 Å². The molecule has 2 aromatic rings. The van der Waals surface area contributed by atoms with Gasteiger partial charge in [-0.3, -0.25) is 9.89 Å². The summed E-state index contributed by atoms with van der Waals surface area (Å²) in [7, 11) is 1.81. The fourth-order valence-corrected chi connectivity index (χ4v) is 2.63. The third-order valence-electron chi connectivity index (χ3n) is 3.77.